The van der Waals surface area contributed by atoms with E-state index in [-0.39, 0.29) is 17.6 Å². The molecule has 108 valence electrons. The predicted octanol–water partition coefficient (Wildman–Crippen LogP) is 3.24. The van der Waals surface area contributed by atoms with E-state index in [4.69, 9.17) is 4.74 Å². The number of nitrogens with one attached hydrogen (secondary N) is 1. The van der Waals surface area contributed by atoms with Crippen LogP contribution in [0.1, 0.15) is 38.8 Å². The number of rotatable bonds is 8. The van der Waals surface area contributed by atoms with Crippen LogP contribution in [0.2, 0.25) is 0 Å². The zero-order valence-corrected chi connectivity index (χ0v) is 11.9. The number of phenolic OH excluding ortho intramolecular Hbond substituents is 1. The minimum absolute atomic E-state index is 0.0826. The monoisotopic (exact) mass is 269 g/mol. The molecule has 0 heterocycles. The van der Waals surface area contributed by atoms with Crippen LogP contribution in [0, 0.1) is 11.7 Å². The lowest BCUT2D eigenvalue weighted by atomic mass is 10.1. The van der Waals surface area contributed by atoms with Crippen LogP contribution in [-0.4, -0.2) is 24.9 Å². The van der Waals surface area contributed by atoms with E-state index in [1.54, 1.807) is 0 Å². The van der Waals surface area contributed by atoms with E-state index in [1.165, 1.54) is 18.2 Å². The van der Waals surface area contributed by atoms with Gasteiger partial charge in [-0.05, 0) is 44.0 Å². The quantitative estimate of drug-likeness (QED) is 0.712. The fourth-order valence-electron chi connectivity index (χ4n) is 1.79. The molecule has 0 aliphatic rings. The maximum atomic E-state index is 13.1. The molecule has 0 fully saturated rings. The first-order valence-electron chi connectivity index (χ1n) is 6.80. The SMILES string of the molecule is CC(C)COCCCNC(C)c1cc(F)ccc1O. The molecular formula is C15H24FNO2. The highest BCUT2D eigenvalue weighted by Gasteiger charge is 2.10. The summed E-state index contributed by atoms with van der Waals surface area (Å²) < 4.78 is 18.6. The third-order valence-electron chi connectivity index (χ3n) is 2.82. The molecule has 3 nitrogen and oxygen atoms in total. The molecular weight excluding hydrogens is 245 g/mol. The van der Waals surface area contributed by atoms with Gasteiger partial charge < -0.3 is 15.2 Å². The van der Waals surface area contributed by atoms with Gasteiger partial charge in [0.05, 0.1) is 0 Å². The summed E-state index contributed by atoms with van der Waals surface area (Å²) in [5.74, 6) is 0.343. The molecule has 0 spiro atoms. The van der Waals surface area contributed by atoms with Crippen LogP contribution in [0.3, 0.4) is 0 Å². The van der Waals surface area contributed by atoms with E-state index in [2.05, 4.69) is 19.2 Å². The van der Waals surface area contributed by atoms with Crippen molar-refractivity contribution in [1.29, 1.82) is 0 Å². The van der Waals surface area contributed by atoms with Gasteiger partial charge in [-0.25, -0.2) is 4.39 Å². The summed E-state index contributed by atoms with van der Waals surface area (Å²) in [7, 11) is 0. The molecule has 1 aromatic carbocycles. The van der Waals surface area contributed by atoms with Crippen LogP contribution in [0.25, 0.3) is 0 Å². The average Bonchev–Trinajstić information content (AvgIpc) is 2.36. The van der Waals surface area contributed by atoms with Gasteiger partial charge in [-0.3, -0.25) is 0 Å². The molecule has 0 amide bonds. The summed E-state index contributed by atoms with van der Waals surface area (Å²) in [6, 6.07) is 3.92. The lowest BCUT2D eigenvalue weighted by Crippen LogP contribution is -2.21. The number of hydrogen-bond acceptors (Lipinski definition) is 3. The lowest BCUT2D eigenvalue weighted by molar-refractivity contribution is 0.107. The number of halogens is 1. The molecule has 2 N–H and O–H groups in total. The van der Waals surface area contributed by atoms with Crippen LogP contribution in [-0.2, 0) is 4.74 Å². The Morgan fingerprint density at radius 3 is 2.74 bits per heavy atom. The molecule has 0 aliphatic heterocycles. The second-order valence-electron chi connectivity index (χ2n) is 5.20. The second-order valence-corrected chi connectivity index (χ2v) is 5.20. The van der Waals surface area contributed by atoms with E-state index >= 15 is 0 Å². The average molecular weight is 269 g/mol. The molecule has 0 aromatic heterocycles. The largest absolute Gasteiger partial charge is 0.508 e. The Hall–Kier alpha value is -1.13. The standard InChI is InChI=1S/C15H24FNO2/c1-11(2)10-19-8-4-7-17-12(3)14-9-13(16)5-6-15(14)18/h5-6,9,11-12,17-18H,4,7-8,10H2,1-3H3. The van der Waals surface area contributed by atoms with E-state index in [9.17, 15) is 9.50 Å². The Morgan fingerprint density at radius 2 is 2.05 bits per heavy atom. The smallest absolute Gasteiger partial charge is 0.123 e. The van der Waals surface area contributed by atoms with Crippen molar-refractivity contribution in [3.63, 3.8) is 0 Å². The summed E-state index contributed by atoms with van der Waals surface area (Å²) in [6.45, 7) is 8.41. The van der Waals surface area contributed by atoms with Gasteiger partial charge in [0.1, 0.15) is 11.6 Å². The molecule has 0 bridgehead atoms. The normalized spacial score (nSPS) is 12.9. The van der Waals surface area contributed by atoms with Crippen molar-refractivity contribution in [2.24, 2.45) is 5.92 Å². The highest BCUT2D eigenvalue weighted by molar-refractivity contribution is 5.34. The highest BCUT2D eigenvalue weighted by atomic mass is 19.1. The number of benzene rings is 1. The third kappa shape index (κ3) is 6.03. The van der Waals surface area contributed by atoms with Gasteiger partial charge in [-0.2, -0.15) is 0 Å². The lowest BCUT2D eigenvalue weighted by Gasteiger charge is -2.16. The van der Waals surface area contributed by atoms with Gasteiger partial charge >= 0.3 is 0 Å². The Balaban J connectivity index is 2.27. The zero-order chi connectivity index (χ0) is 14.3. The van der Waals surface area contributed by atoms with Crippen molar-refractivity contribution < 1.29 is 14.2 Å². The molecule has 0 saturated heterocycles. The summed E-state index contributed by atoms with van der Waals surface area (Å²) in [5.41, 5.74) is 0.586. The Kier molecular flexibility index (Phi) is 6.81. The fraction of sp³-hybridized carbons (Fsp3) is 0.600. The molecule has 1 unspecified atom stereocenters. The molecule has 1 rings (SSSR count). The van der Waals surface area contributed by atoms with Crippen molar-refractivity contribution >= 4 is 0 Å². The Morgan fingerprint density at radius 1 is 1.32 bits per heavy atom. The topological polar surface area (TPSA) is 41.5 Å². The molecule has 0 aliphatic carbocycles. The Bertz CT molecular complexity index is 382. The summed E-state index contributed by atoms with van der Waals surface area (Å²) in [4.78, 5) is 0. The van der Waals surface area contributed by atoms with Crippen molar-refractivity contribution in [3.8, 4) is 5.75 Å². The van der Waals surface area contributed by atoms with Gasteiger partial charge in [-0.1, -0.05) is 13.8 Å². The van der Waals surface area contributed by atoms with E-state index < -0.39 is 0 Å². The minimum atomic E-state index is -0.332. The van der Waals surface area contributed by atoms with Crippen LogP contribution in [0.4, 0.5) is 4.39 Å². The van der Waals surface area contributed by atoms with Gasteiger partial charge in [0.25, 0.3) is 0 Å². The molecule has 1 aromatic rings. The molecule has 4 heteroatoms. The first-order chi connectivity index (χ1) is 9.00. The summed E-state index contributed by atoms with van der Waals surface area (Å²) >= 11 is 0. The van der Waals surface area contributed by atoms with Crippen molar-refractivity contribution in [1.82, 2.24) is 5.32 Å². The van der Waals surface area contributed by atoms with Crippen LogP contribution in [0.15, 0.2) is 18.2 Å². The van der Waals surface area contributed by atoms with Gasteiger partial charge in [0, 0.05) is 24.8 Å². The first-order valence-corrected chi connectivity index (χ1v) is 6.80. The van der Waals surface area contributed by atoms with E-state index in [0.29, 0.717) is 18.1 Å². The maximum absolute atomic E-state index is 13.1. The fourth-order valence-corrected chi connectivity index (χ4v) is 1.79. The first kappa shape index (κ1) is 15.9. The van der Waals surface area contributed by atoms with Gasteiger partial charge in [0.2, 0.25) is 0 Å². The van der Waals surface area contributed by atoms with Crippen molar-refractivity contribution in [2.75, 3.05) is 19.8 Å². The number of ether oxygens (including phenoxy) is 1. The zero-order valence-electron chi connectivity index (χ0n) is 11.9. The van der Waals surface area contributed by atoms with Gasteiger partial charge in [-0.15, -0.1) is 0 Å². The Labute approximate surface area is 114 Å². The molecule has 19 heavy (non-hydrogen) atoms. The van der Waals surface area contributed by atoms with Crippen molar-refractivity contribution in [2.45, 2.75) is 33.2 Å². The van der Waals surface area contributed by atoms with E-state index in [1.807, 2.05) is 6.92 Å². The molecule has 1 atom stereocenters. The van der Waals surface area contributed by atoms with Gasteiger partial charge in [0.15, 0.2) is 0 Å². The molecule has 0 radical (unpaired) electrons. The van der Waals surface area contributed by atoms with Crippen LogP contribution < -0.4 is 5.32 Å². The second kappa shape index (κ2) is 8.12. The van der Waals surface area contributed by atoms with E-state index in [0.717, 1.165) is 19.6 Å². The number of hydrogen-bond donors (Lipinski definition) is 2. The number of aromatic hydroxyl groups is 1. The third-order valence-corrected chi connectivity index (χ3v) is 2.82. The summed E-state index contributed by atoms with van der Waals surface area (Å²) in [6.07, 6.45) is 0.896. The maximum Gasteiger partial charge on any atom is 0.123 e. The highest BCUT2D eigenvalue weighted by Crippen LogP contribution is 2.24. The predicted molar refractivity (Wildman–Crippen MR) is 74.8 cm³/mol. The molecule has 0 saturated carbocycles. The minimum Gasteiger partial charge on any atom is -0.508 e. The number of phenols is 1. The summed E-state index contributed by atoms with van der Waals surface area (Å²) in [5, 5.41) is 12.9. The van der Waals surface area contributed by atoms with Crippen LogP contribution in [0.5, 0.6) is 5.75 Å². The van der Waals surface area contributed by atoms with Crippen LogP contribution >= 0.6 is 0 Å². The van der Waals surface area contributed by atoms with Crippen molar-refractivity contribution in [3.05, 3.63) is 29.6 Å².